The van der Waals surface area contributed by atoms with Gasteiger partial charge in [-0.15, -0.1) is 0 Å². The lowest BCUT2D eigenvalue weighted by molar-refractivity contribution is 0.0111. The first kappa shape index (κ1) is 9.05. The Morgan fingerprint density at radius 3 is 2.55 bits per heavy atom. The van der Waals surface area contributed by atoms with Crippen LogP contribution in [-0.4, -0.2) is 11.2 Å². The van der Waals surface area contributed by atoms with Gasteiger partial charge >= 0.3 is 0 Å². The molecule has 3 atom stereocenters. The standard InChI is InChI=1S/C10H20O/c1-3-4-8(2)7-9-5-6-10(9)11/h8-11H,3-7H2,1-2H3. The van der Waals surface area contributed by atoms with Crippen LogP contribution in [0, 0.1) is 11.8 Å². The summed E-state index contributed by atoms with van der Waals surface area (Å²) < 4.78 is 0. The highest BCUT2D eigenvalue weighted by Crippen LogP contribution is 2.33. The predicted molar refractivity (Wildman–Crippen MR) is 47.4 cm³/mol. The van der Waals surface area contributed by atoms with Crippen molar-refractivity contribution in [3.05, 3.63) is 0 Å². The summed E-state index contributed by atoms with van der Waals surface area (Å²) in [6.07, 6.45) is 6.19. The summed E-state index contributed by atoms with van der Waals surface area (Å²) in [6.45, 7) is 4.53. The molecule has 1 rings (SSSR count). The molecule has 1 heteroatoms. The van der Waals surface area contributed by atoms with E-state index >= 15 is 0 Å². The van der Waals surface area contributed by atoms with Crippen molar-refractivity contribution in [2.75, 3.05) is 0 Å². The molecule has 66 valence electrons. The maximum Gasteiger partial charge on any atom is 0.0568 e. The summed E-state index contributed by atoms with van der Waals surface area (Å²) in [7, 11) is 0. The van der Waals surface area contributed by atoms with Gasteiger partial charge in [0, 0.05) is 0 Å². The van der Waals surface area contributed by atoms with Crippen LogP contribution >= 0.6 is 0 Å². The molecule has 0 saturated heterocycles. The minimum absolute atomic E-state index is 0.0364. The van der Waals surface area contributed by atoms with Gasteiger partial charge in [0.1, 0.15) is 0 Å². The number of aliphatic hydroxyl groups excluding tert-OH is 1. The van der Waals surface area contributed by atoms with Gasteiger partial charge in [0.05, 0.1) is 6.10 Å². The molecule has 1 fully saturated rings. The Kier molecular flexibility index (Phi) is 3.38. The smallest absolute Gasteiger partial charge is 0.0568 e. The van der Waals surface area contributed by atoms with Crippen LogP contribution in [0.5, 0.6) is 0 Å². The molecule has 1 aliphatic rings. The monoisotopic (exact) mass is 156 g/mol. The summed E-state index contributed by atoms with van der Waals surface area (Å²) in [5.74, 6) is 1.46. The molecule has 1 saturated carbocycles. The average Bonchev–Trinajstić information content (AvgIpc) is 1.98. The lowest BCUT2D eigenvalue weighted by Crippen LogP contribution is -2.32. The van der Waals surface area contributed by atoms with Crippen LogP contribution in [0.4, 0.5) is 0 Å². The topological polar surface area (TPSA) is 20.2 Å². The Morgan fingerprint density at radius 2 is 2.18 bits per heavy atom. The van der Waals surface area contributed by atoms with Gasteiger partial charge < -0.3 is 5.11 Å². The second-order valence-electron chi connectivity index (χ2n) is 4.03. The van der Waals surface area contributed by atoms with Crippen LogP contribution in [0.3, 0.4) is 0 Å². The molecule has 0 bridgehead atoms. The maximum absolute atomic E-state index is 9.32. The molecular formula is C10H20O. The van der Waals surface area contributed by atoms with Gasteiger partial charge in [-0.25, -0.2) is 0 Å². The van der Waals surface area contributed by atoms with E-state index in [4.69, 9.17) is 0 Å². The first-order valence-electron chi connectivity index (χ1n) is 4.92. The van der Waals surface area contributed by atoms with Crippen molar-refractivity contribution in [1.82, 2.24) is 0 Å². The molecule has 11 heavy (non-hydrogen) atoms. The molecule has 0 amide bonds. The zero-order valence-corrected chi connectivity index (χ0v) is 7.71. The third kappa shape index (κ3) is 2.48. The van der Waals surface area contributed by atoms with E-state index < -0.39 is 0 Å². The van der Waals surface area contributed by atoms with Crippen molar-refractivity contribution < 1.29 is 5.11 Å². The lowest BCUT2D eigenvalue weighted by Gasteiger charge is -2.34. The van der Waals surface area contributed by atoms with E-state index in [1.807, 2.05) is 0 Å². The van der Waals surface area contributed by atoms with E-state index in [2.05, 4.69) is 13.8 Å². The Hall–Kier alpha value is -0.0400. The molecule has 0 aromatic rings. The van der Waals surface area contributed by atoms with Crippen LogP contribution in [0.1, 0.15) is 46.0 Å². The Bertz CT molecular complexity index is 111. The number of hydrogen-bond donors (Lipinski definition) is 1. The van der Waals surface area contributed by atoms with Gasteiger partial charge in [-0.1, -0.05) is 26.7 Å². The summed E-state index contributed by atoms with van der Waals surface area (Å²) >= 11 is 0. The van der Waals surface area contributed by atoms with Crippen molar-refractivity contribution in [3.63, 3.8) is 0 Å². The van der Waals surface area contributed by atoms with E-state index in [0.717, 1.165) is 12.3 Å². The molecule has 0 heterocycles. The predicted octanol–water partition coefficient (Wildman–Crippen LogP) is 2.58. The number of aliphatic hydroxyl groups is 1. The molecular weight excluding hydrogens is 136 g/mol. The Labute approximate surface area is 69.8 Å². The van der Waals surface area contributed by atoms with E-state index in [1.54, 1.807) is 0 Å². The zero-order valence-electron chi connectivity index (χ0n) is 7.71. The molecule has 0 spiro atoms. The summed E-state index contributed by atoms with van der Waals surface area (Å²) in [6, 6.07) is 0. The Balaban J connectivity index is 2.09. The largest absolute Gasteiger partial charge is 0.393 e. The highest BCUT2D eigenvalue weighted by molar-refractivity contribution is 4.80. The lowest BCUT2D eigenvalue weighted by atomic mass is 9.76. The fraction of sp³-hybridized carbons (Fsp3) is 1.00. The van der Waals surface area contributed by atoms with Gasteiger partial charge in [0.25, 0.3) is 0 Å². The highest BCUT2D eigenvalue weighted by Gasteiger charge is 2.29. The maximum atomic E-state index is 9.32. The number of hydrogen-bond acceptors (Lipinski definition) is 1. The van der Waals surface area contributed by atoms with Crippen molar-refractivity contribution in [2.24, 2.45) is 11.8 Å². The van der Waals surface area contributed by atoms with Gasteiger partial charge in [0.2, 0.25) is 0 Å². The summed E-state index contributed by atoms with van der Waals surface area (Å²) in [5, 5.41) is 9.32. The Morgan fingerprint density at radius 1 is 1.45 bits per heavy atom. The van der Waals surface area contributed by atoms with E-state index in [0.29, 0.717) is 5.92 Å². The molecule has 0 aromatic heterocycles. The van der Waals surface area contributed by atoms with Gasteiger partial charge in [-0.05, 0) is 31.1 Å². The van der Waals surface area contributed by atoms with Crippen LogP contribution in [0.25, 0.3) is 0 Å². The average molecular weight is 156 g/mol. The minimum Gasteiger partial charge on any atom is -0.393 e. The zero-order chi connectivity index (χ0) is 8.27. The van der Waals surface area contributed by atoms with E-state index in [1.165, 1.54) is 25.7 Å². The first-order chi connectivity index (χ1) is 5.24. The fourth-order valence-corrected chi connectivity index (χ4v) is 1.95. The molecule has 1 nitrogen and oxygen atoms in total. The van der Waals surface area contributed by atoms with Crippen LogP contribution in [0.2, 0.25) is 0 Å². The molecule has 1 aliphatic carbocycles. The third-order valence-corrected chi connectivity index (χ3v) is 2.86. The summed E-state index contributed by atoms with van der Waals surface area (Å²) in [5.41, 5.74) is 0. The van der Waals surface area contributed by atoms with Gasteiger partial charge in [-0.2, -0.15) is 0 Å². The van der Waals surface area contributed by atoms with E-state index in [-0.39, 0.29) is 6.10 Å². The van der Waals surface area contributed by atoms with Crippen molar-refractivity contribution in [1.29, 1.82) is 0 Å². The second-order valence-corrected chi connectivity index (χ2v) is 4.03. The molecule has 3 unspecified atom stereocenters. The van der Waals surface area contributed by atoms with Crippen LogP contribution in [0.15, 0.2) is 0 Å². The van der Waals surface area contributed by atoms with Gasteiger partial charge in [-0.3, -0.25) is 0 Å². The van der Waals surface area contributed by atoms with Crippen LogP contribution < -0.4 is 0 Å². The van der Waals surface area contributed by atoms with Crippen LogP contribution in [-0.2, 0) is 0 Å². The van der Waals surface area contributed by atoms with E-state index in [9.17, 15) is 5.11 Å². The fourth-order valence-electron chi connectivity index (χ4n) is 1.95. The van der Waals surface area contributed by atoms with Crippen molar-refractivity contribution in [3.8, 4) is 0 Å². The van der Waals surface area contributed by atoms with Crippen molar-refractivity contribution in [2.45, 2.75) is 52.1 Å². The van der Waals surface area contributed by atoms with Crippen molar-refractivity contribution >= 4 is 0 Å². The third-order valence-electron chi connectivity index (χ3n) is 2.86. The molecule has 0 aromatic carbocycles. The summed E-state index contributed by atoms with van der Waals surface area (Å²) in [4.78, 5) is 0. The second kappa shape index (κ2) is 4.10. The minimum atomic E-state index is 0.0364. The number of rotatable bonds is 4. The SMILES string of the molecule is CCCC(C)CC1CCC1O. The molecule has 0 radical (unpaired) electrons. The molecule has 0 aliphatic heterocycles. The normalized spacial score (nSPS) is 33.0. The first-order valence-corrected chi connectivity index (χ1v) is 4.92. The quantitative estimate of drug-likeness (QED) is 0.663. The molecule has 1 N–H and O–H groups in total. The highest BCUT2D eigenvalue weighted by atomic mass is 16.3. The van der Waals surface area contributed by atoms with Gasteiger partial charge in [0.15, 0.2) is 0 Å².